The second kappa shape index (κ2) is 9.31. The van der Waals surface area contributed by atoms with Crippen molar-refractivity contribution in [2.45, 2.75) is 19.0 Å². The summed E-state index contributed by atoms with van der Waals surface area (Å²) in [6, 6.07) is 9.35. The van der Waals surface area contributed by atoms with E-state index in [-0.39, 0.29) is 12.0 Å². The number of terminal acetylenes is 1. The Balaban J connectivity index is 2.30. The molecule has 0 aromatic heterocycles. The fourth-order valence-electron chi connectivity index (χ4n) is 2.84. The maximum absolute atomic E-state index is 12.5. The molecule has 0 bridgehead atoms. The van der Waals surface area contributed by atoms with Crippen molar-refractivity contribution in [2.24, 2.45) is 0 Å². The predicted octanol–water partition coefficient (Wildman–Crippen LogP) is 1.21. The number of benzene rings is 1. The molecule has 1 fully saturated rings. The van der Waals surface area contributed by atoms with Gasteiger partial charge in [-0.3, -0.25) is 15.0 Å². The first kappa shape index (κ1) is 17.5. The van der Waals surface area contributed by atoms with Crippen LogP contribution in [-0.2, 0) is 14.3 Å². The van der Waals surface area contributed by atoms with Crippen LogP contribution >= 0.6 is 0 Å². The van der Waals surface area contributed by atoms with E-state index in [2.05, 4.69) is 16.1 Å². The molecule has 0 amide bonds. The van der Waals surface area contributed by atoms with Gasteiger partial charge >= 0.3 is 5.97 Å². The van der Waals surface area contributed by atoms with E-state index in [9.17, 15) is 4.79 Å². The predicted molar refractivity (Wildman–Crippen MR) is 88.8 cm³/mol. The van der Waals surface area contributed by atoms with E-state index in [0.717, 1.165) is 18.7 Å². The highest BCUT2D eigenvalue weighted by molar-refractivity contribution is 5.77. The van der Waals surface area contributed by atoms with E-state index >= 15 is 0 Å². The van der Waals surface area contributed by atoms with Crippen molar-refractivity contribution < 1.29 is 14.3 Å². The van der Waals surface area contributed by atoms with Crippen LogP contribution in [0.4, 0.5) is 0 Å². The Labute approximate surface area is 138 Å². The number of carbonyl (C=O) groups is 1. The fraction of sp³-hybridized carbons (Fsp3) is 0.500. The highest BCUT2D eigenvalue weighted by atomic mass is 16.5. The average molecular weight is 316 g/mol. The SMILES string of the molecule is C#CCN[C@H](C(=O)OCC)[C@@H](c1ccccc1)N1CCOCC1. The second-order valence-corrected chi connectivity index (χ2v) is 5.32. The molecular weight excluding hydrogens is 292 g/mol. The van der Waals surface area contributed by atoms with Crippen LogP contribution in [-0.4, -0.2) is 56.4 Å². The quantitative estimate of drug-likeness (QED) is 0.605. The van der Waals surface area contributed by atoms with Gasteiger partial charge in [-0.05, 0) is 12.5 Å². The Morgan fingerprint density at radius 2 is 2.09 bits per heavy atom. The van der Waals surface area contributed by atoms with Gasteiger partial charge in [0.1, 0.15) is 6.04 Å². The van der Waals surface area contributed by atoms with Gasteiger partial charge in [-0.1, -0.05) is 36.3 Å². The Kier molecular flexibility index (Phi) is 7.08. The molecule has 1 aliphatic heterocycles. The molecule has 0 unspecified atom stereocenters. The van der Waals surface area contributed by atoms with Gasteiger partial charge in [0.05, 0.1) is 32.4 Å². The Hall–Kier alpha value is -1.87. The van der Waals surface area contributed by atoms with Gasteiger partial charge in [0.15, 0.2) is 0 Å². The summed E-state index contributed by atoms with van der Waals surface area (Å²) in [5, 5.41) is 3.16. The van der Waals surface area contributed by atoms with E-state index in [0.29, 0.717) is 26.4 Å². The van der Waals surface area contributed by atoms with Gasteiger partial charge in [-0.25, -0.2) is 0 Å². The van der Waals surface area contributed by atoms with Crippen LogP contribution in [0.25, 0.3) is 0 Å². The molecule has 1 aromatic carbocycles. The van der Waals surface area contributed by atoms with E-state index in [1.807, 2.05) is 37.3 Å². The summed E-state index contributed by atoms with van der Waals surface area (Å²) in [6.45, 7) is 5.33. The number of rotatable bonds is 7. The molecule has 23 heavy (non-hydrogen) atoms. The molecule has 1 heterocycles. The first-order valence-corrected chi connectivity index (χ1v) is 7.98. The molecule has 1 aromatic rings. The largest absolute Gasteiger partial charge is 0.465 e. The van der Waals surface area contributed by atoms with Gasteiger partial charge < -0.3 is 9.47 Å². The third-order valence-electron chi connectivity index (χ3n) is 3.86. The van der Waals surface area contributed by atoms with Crippen molar-refractivity contribution in [1.82, 2.24) is 10.2 Å². The van der Waals surface area contributed by atoms with E-state index in [4.69, 9.17) is 15.9 Å². The summed E-state index contributed by atoms with van der Waals surface area (Å²) >= 11 is 0. The monoisotopic (exact) mass is 316 g/mol. The molecule has 0 radical (unpaired) electrons. The number of hydrogen-bond acceptors (Lipinski definition) is 5. The molecule has 5 nitrogen and oxygen atoms in total. The van der Waals surface area contributed by atoms with Crippen molar-refractivity contribution >= 4 is 5.97 Å². The third-order valence-corrected chi connectivity index (χ3v) is 3.86. The minimum atomic E-state index is -0.508. The zero-order valence-corrected chi connectivity index (χ0v) is 13.5. The van der Waals surface area contributed by atoms with Crippen molar-refractivity contribution in [3.8, 4) is 12.3 Å². The lowest BCUT2D eigenvalue weighted by Gasteiger charge is -2.38. The molecule has 1 N–H and O–H groups in total. The standard InChI is InChI=1S/C18H24N2O3/c1-3-10-19-16(18(21)23-4-2)17(15-8-6-5-7-9-15)20-11-13-22-14-12-20/h1,5-9,16-17,19H,4,10-14H2,2H3/t16-,17+/m0/s1. The number of esters is 1. The molecule has 2 atom stereocenters. The van der Waals surface area contributed by atoms with Gasteiger partial charge in [-0.2, -0.15) is 0 Å². The first-order chi connectivity index (χ1) is 11.3. The summed E-state index contributed by atoms with van der Waals surface area (Å²) in [7, 11) is 0. The number of ether oxygens (including phenoxy) is 2. The van der Waals surface area contributed by atoms with Crippen LogP contribution in [0.2, 0.25) is 0 Å². The Bertz CT molecular complexity index is 521. The lowest BCUT2D eigenvalue weighted by Crippen LogP contribution is -2.52. The molecule has 0 spiro atoms. The normalized spacial score (nSPS) is 17.9. The van der Waals surface area contributed by atoms with E-state index < -0.39 is 6.04 Å². The Morgan fingerprint density at radius 3 is 2.70 bits per heavy atom. The number of nitrogens with one attached hydrogen (secondary N) is 1. The number of hydrogen-bond donors (Lipinski definition) is 1. The maximum Gasteiger partial charge on any atom is 0.325 e. The molecule has 2 rings (SSSR count). The zero-order chi connectivity index (χ0) is 16.5. The zero-order valence-electron chi connectivity index (χ0n) is 13.5. The first-order valence-electron chi connectivity index (χ1n) is 7.98. The number of morpholine rings is 1. The van der Waals surface area contributed by atoms with E-state index in [1.165, 1.54) is 0 Å². The summed E-state index contributed by atoms with van der Waals surface area (Å²) in [5.41, 5.74) is 1.07. The van der Waals surface area contributed by atoms with Crippen molar-refractivity contribution in [3.63, 3.8) is 0 Å². The maximum atomic E-state index is 12.5. The second-order valence-electron chi connectivity index (χ2n) is 5.32. The summed E-state index contributed by atoms with van der Waals surface area (Å²) < 4.78 is 10.7. The number of carbonyl (C=O) groups excluding carboxylic acids is 1. The third kappa shape index (κ3) is 4.80. The number of nitrogens with zero attached hydrogens (tertiary/aromatic N) is 1. The van der Waals surface area contributed by atoms with Crippen LogP contribution < -0.4 is 5.32 Å². The highest BCUT2D eigenvalue weighted by Crippen LogP contribution is 2.26. The fourth-order valence-corrected chi connectivity index (χ4v) is 2.84. The van der Waals surface area contributed by atoms with Gasteiger partial charge in [-0.15, -0.1) is 6.42 Å². The average Bonchev–Trinajstić information content (AvgIpc) is 2.60. The molecule has 1 aliphatic rings. The van der Waals surface area contributed by atoms with Crippen LogP contribution in [0.5, 0.6) is 0 Å². The molecule has 0 aliphatic carbocycles. The van der Waals surface area contributed by atoms with Gasteiger partial charge in [0.2, 0.25) is 0 Å². The summed E-state index contributed by atoms with van der Waals surface area (Å²) in [6.07, 6.45) is 5.37. The molecular formula is C18H24N2O3. The molecule has 0 saturated carbocycles. The topological polar surface area (TPSA) is 50.8 Å². The lowest BCUT2D eigenvalue weighted by molar-refractivity contribution is -0.148. The van der Waals surface area contributed by atoms with Crippen molar-refractivity contribution in [2.75, 3.05) is 39.5 Å². The van der Waals surface area contributed by atoms with Crippen LogP contribution in [0.3, 0.4) is 0 Å². The highest BCUT2D eigenvalue weighted by Gasteiger charge is 2.35. The van der Waals surface area contributed by atoms with Gasteiger partial charge in [0.25, 0.3) is 0 Å². The molecule has 124 valence electrons. The smallest absolute Gasteiger partial charge is 0.325 e. The summed E-state index contributed by atoms with van der Waals surface area (Å²) in [5.74, 6) is 2.27. The lowest BCUT2D eigenvalue weighted by atomic mass is 9.96. The van der Waals surface area contributed by atoms with Crippen molar-refractivity contribution in [3.05, 3.63) is 35.9 Å². The van der Waals surface area contributed by atoms with Crippen LogP contribution in [0.15, 0.2) is 30.3 Å². The molecule has 5 heteroatoms. The minimum absolute atomic E-state index is 0.132. The Morgan fingerprint density at radius 1 is 1.39 bits per heavy atom. The van der Waals surface area contributed by atoms with Crippen LogP contribution in [0, 0.1) is 12.3 Å². The van der Waals surface area contributed by atoms with Crippen LogP contribution in [0.1, 0.15) is 18.5 Å². The van der Waals surface area contributed by atoms with Crippen molar-refractivity contribution in [1.29, 1.82) is 0 Å². The van der Waals surface area contributed by atoms with Gasteiger partial charge in [0, 0.05) is 13.1 Å². The minimum Gasteiger partial charge on any atom is -0.465 e. The molecule has 1 saturated heterocycles. The van der Waals surface area contributed by atoms with E-state index in [1.54, 1.807) is 0 Å². The summed E-state index contributed by atoms with van der Waals surface area (Å²) in [4.78, 5) is 14.7.